The van der Waals surface area contributed by atoms with Crippen molar-refractivity contribution in [2.45, 2.75) is 0 Å². The quantitative estimate of drug-likeness (QED) is 0.248. The SMILES string of the molecule is c1ccc(-c2cccc(/C3=N/c4cnccc4/C(c4cccc(-c5ccccc5)n4)=N\c4cnccc43)n2)cc1. The van der Waals surface area contributed by atoms with E-state index in [1.54, 1.807) is 24.8 Å². The van der Waals surface area contributed by atoms with Gasteiger partial charge in [0.05, 0.1) is 58.0 Å². The number of benzene rings is 2. The third-order valence-corrected chi connectivity index (χ3v) is 6.70. The lowest BCUT2D eigenvalue weighted by Crippen LogP contribution is -2.13. The molecule has 40 heavy (non-hydrogen) atoms. The van der Waals surface area contributed by atoms with E-state index in [2.05, 4.69) is 34.2 Å². The molecule has 5 heterocycles. The van der Waals surface area contributed by atoms with Gasteiger partial charge in [0.2, 0.25) is 0 Å². The topological polar surface area (TPSA) is 76.3 Å². The molecule has 2 aromatic carbocycles. The highest BCUT2D eigenvalue weighted by Gasteiger charge is 2.22. The fraction of sp³-hybridized carbons (Fsp3) is 0. The van der Waals surface area contributed by atoms with Crippen molar-refractivity contribution < 1.29 is 0 Å². The van der Waals surface area contributed by atoms with Crippen LogP contribution in [-0.2, 0) is 0 Å². The highest BCUT2D eigenvalue weighted by Crippen LogP contribution is 2.32. The maximum absolute atomic E-state index is 5.16. The van der Waals surface area contributed by atoms with Crippen LogP contribution in [-0.4, -0.2) is 31.4 Å². The maximum atomic E-state index is 5.16. The Labute approximate surface area is 231 Å². The van der Waals surface area contributed by atoms with Crippen LogP contribution in [0.4, 0.5) is 11.4 Å². The number of aromatic nitrogens is 4. The second-order valence-corrected chi connectivity index (χ2v) is 9.25. The van der Waals surface area contributed by atoms with Crippen molar-refractivity contribution in [3.8, 4) is 22.5 Å². The van der Waals surface area contributed by atoms with Gasteiger partial charge in [0.25, 0.3) is 0 Å². The van der Waals surface area contributed by atoms with E-state index in [-0.39, 0.29) is 0 Å². The predicted molar refractivity (Wildman–Crippen MR) is 158 cm³/mol. The van der Waals surface area contributed by atoms with E-state index in [0.29, 0.717) is 22.8 Å². The summed E-state index contributed by atoms with van der Waals surface area (Å²) in [6.07, 6.45) is 7.04. The first-order valence-electron chi connectivity index (χ1n) is 13.0. The van der Waals surface area contributed by atoms with E-state index in [4.69, 9.17) is 20.0 Å². The average molecular weight is 515 g/mol. The number of rotatable bonds is 4. The van der Waals surface area contributed by atoms with Gasteiger partial charge in [0.15, 0.2) is 0 Å². The van der Waals surface area contributed by atoms with Crippen LogP contribution in [0.2, 0.25) is 0 Å². The summed E-state index contributed by atoms with van der Waals surface area (Å²) >= 11 is 0. The van der Waals surface area contributed by atoms with Gasteiger partial charge in [-0.25, -0.2) is 20.0 Å². The Hall–Kier alpha value is -5.62. The van der Waals surface area contributed by atoms with Crippen molar-refractivity contribution in [3.63, 3.8) is 0 Å². The minimum atomic E-state index is 0.692. The Morgan fingerprint density at radius 1 is 0.375 bits per heavy atom. The summed E-state index contributed by atoms with van der Waals surface area (Å²) in [5, 5.41) is 0. The fourth-order valence-corrected chi connectivity index (χ4v) is 4.78. The van der Waals surface area contributed by atoms with Gasteiger partial charge in [0.1, 0.15) is 0 Å². The van der Waals surface area contributed by atoms with Crippen LogP contribution in [0, 0.1) is 0 Å². The summed E-state index contributed by atoms with van der Waals surface area (Å²) in [6.45, 7) is 0. The molecule has 6 aromatic rings. The molecule has 7 rings (SSSR count). The normalized spacial score (nSPS) is 14.9. The van der Waals surface area contributed by atoms with E-state index in [1.807, 2.05) is 84.9 Å². The molecule has 6 nitrogen and oxygen atoms in total. The summed E-state index contributed by atoms with van der Waals surface area (Å²) in [6, 6.07) is 36.1. The van der Waals surface area contributed by atoms with Crippen molar-refractivity contribution in [2.24, 2.45) is 9.98 Å². The number of hydrogen-bond acceptors (Lipinski definition) is 6. The summed E-state index contributed by atoms with van der Waals surface area (Å²) < 4.78 is 0. The lowest BCUT2D eigenvalue weighted by atomic mass is 10.0. The Balaban J connectivity index is 1.41. The molecule has 0 atom stereocenters. The molecule has 0 fully saturated rings. The summed E-state index contributed by atoms with van der Waals surface area (Å²) in [5.41, 5.74) is 9.77. The monoisotopic (exact) mass is 514 g/mol. The van der Waals surface area contributed by atoms with Crippen molar-refractivity contribution in [3.05, 3.63) is 156 Å². The lowest BCUT2D eigenvalue weighted by Gasteiger charge is -2.17. The van der Waals surface area contributed by atoms with E-state index in [1.165, 1.54) is 0 Å². The minimum absolute atomic E-state index is 0.692. The Morgan fingerprint density at radius 3 is 1.25 bits per heavy atom. The average Bonchev–Trinajstić information content (AvgIpc) is 3.03. The van der Waals surface area contributed by atoms with Crippen LogP contribution in [0.5, 0.6) is 0 Å². The van der Waals surface area contributed by atoms with Gasteiger partial charge in [-0.3, -0.25) is 9.97 Å². The molecule has 0 unspecified atom stereocenters. The summed E-state index contributed by atoms with van der Waals surface area (Å²) in [7, 11) is 0. The Kier molecular flexibility index (Phi) is 6.03. The van der Waals surface area contributed by atoms with E-state index >= 15 is 0 Å². The van der Waals surface area contributed by atoms with Crippen molar-refractivity contribution in [1.29, 1.82) is 0 Å². The van der Waals surface area contributed by atoms with Gasteiger partial charge in [-0.15, -0.1) is 0 Å². The van der Waals surface area contributed by atoms with Gasteiger partial charge in [-0.05, 0) is 36.4 Å². The lowest BCUT2D eigenvalue weighted by molar-refractivity contribution is 1.22. The van der Waals surface area contributed by atoms with Crippen LogP contribution in [0.15, 0.2) is 144 Å². The minimum Gasteiger partial charge on any atom is -0.262 e. The van der Waals surface area contributed by atoms with Crippen LogP contribution in [0.1, 0.15) is 22.5 Å². The van der Waals surface area contributed by atoms with Crippen LogP contribution in [0.25, 0.3) is 22.5 Å². The molecule has 4 aromatic heterocycles. The third kappa shape index (κ3) is 4.48. The molecular formula is C34H22N6. The number of hydrogen-bond donors (Lipinski definition) is 0. The zero-order valence-electron chi connectivity index (χ0n) is 21.4. The second-order valence-electron chi connectivity index (χ2n) is 9.25. The molecule has 0 spiro atoms. The number of aliphatic imine (C=N–C) groups is 2. The zero-order chi connectivity index (χ0) is 26.7. The molecular weight excluding hydrogens is 492 g/mol. The van der Waals surface area contributed by atoms with Crippen molar-refractivity contribution in [2.75, 3.05) is 0 Å². The molecule has 6 heteroatoms. The van der Waals surface area contributed by atoms with Gasteiger partial charge in [0, 0.05) is 34.6 Å². The number of fused-ring (bicyclic) bond motifs is 2. The first-order valence-corrected chi connectivity index (χ1v) is 13.0. The summed E-state index contributed by atoms with van der Waals surface area (Å²) in [5.74, 6) is 0. The van der Waals surface area contributed by atoms with Crippen LogP contribution >= 0.6 is 0 Å². The predicted octanol–water partition coefficient (Wildman–Crippen LogP) is 7.25. The molecule has 0 radical (unpaired) electrons. The molecule has 0 saturated heterocycles. The second kappa shape index (κ2) is 10.3. The largest absolute Gasteiger partial charge is 0.262 e. The Bertz CT molecular complexity index is 1750. The molecule has 0 N–H and O–H groups in total. The first kappa shape index (κ1) is 23.5. The smallest absolute Gasteiger partial charge is 0.0989 e. The standard InChI is InChI=1S/C34H22N6/c1-3-9-23(10-4-1)27-13-7-15-29(37-27)33-25-17-19-35-21-31(25)40-34(26-18-20-36-22-32(26)39-33)30-16-8-14-28(38-30)24-11-5-2-6-12-24/h1-22H/b33-25?,34-26?,39-32?,39-33+,40-31?,40-34+. The van der Waals surface area contributed by atoms with Crippen molar-refractivity contribution >= 4 is 22.8 Å². The van der Waals surface area contributed by atoms with E-state index in [0.717, 1.165) is 45.0 Å². The highest BCUT2D eigenvalue weighted by molar-refractivity contribution is 6.21. The number of pyridine rings is 4. The Morgan fingerprint density at radius 2 is 0.800 bits per heavy atom. The third-order valence-electron chi connectivity index (χ3n) is 6.70. The van der Waals surface area contributed by atoms with Crippen molar-refractivity contribution in [1.82, 2.24) is 19.9 Å². The molecule has 0 saturated carbocycles. The van der Waals surface area contributed by atoms with Gasteiger partial charge in [-0.2, -0.15) is 0 Å². The van der Waals surface area contributed by atoms with E-state index < -0.39 is 0 Å². The van der Waals surface area contributed by atoms with Gasteiger partial charge < -0.3 is 0 Å². The van der Waals surface area contributed by atoms with E-state index in [9.17, 15) is 0 Å². The fourth-order valence-electron chi connectivity index (χ4n) is 4.78. The van der Waals surface area contributed by atoms with Gasteiger partial charge in [-0.1, -0.05) is 72.8 Å². The molecule has 1 aliphatic rings. The first-order chi connectivity index (χ1) is 19.8. The van der Waals surface area contributed by atoms with Crippen LogP contribution < -0.4 is 0 Å². The molecule has 0 amide bonds. The zero-order valence-corrected chi connectivity index (χ0v) is 21.4. The summed E-state index contributed by atoms with van der Waals surface area (Å²) in [4.78, 5) is 29.1. The maximum Gasteiger partial charge on any atom is 0.0989 e. The number of nitrogens with zero attached hydrogens (tertiary/aromatic N) is 6. The highest BCUT2D eigenvalue weighted by atomic mass is 14.9. The molecule has 188 valence electrons. The molecule has 0 aliphatic carbocycles. The van der Waals surface area contributed by atoms with Gasteiger partial charge >= 0.3 is 0 Å². The molecule has 0 bridgehead atoms. The molecule has 1 aliphatic heterocycles. The van der Waals surface area contributed by atoms with Crippen LogP contribution in [0.3, 0.4) is 0 Å².